The van der Waals surface area contributed by atoms with E-state index < -0.39 is 11.9 Å². The van der Waals surface area contributed by atoms with Crippen LogP contribution in [0.4, 0.5) is 5.82 Å². The average Bonchev–Trinajstić information content (AvgIpc) is 3.39. The van der Waals surface area contributed by atoms with Crippen molar-refractivity contribution in [3.8, 4) is 22.9 Å². The van der Waals surface area contributed by atoms with E-state index in [1.165, 1.54) is 6.07 Å². The molecule has 0 aliphatic rings. The molecule has 0 aliphatic carbocycles. The second-order valence-corrected chi connectivity index (χ2v) is 6.74. The van der Waals surface area contributed by atoms with Crippen LogP contribution in [0.25, 0.3) is 11.4 Å². The van der Waals surface area contributed by atoms with Crippen molar-refractivity contribution in [1.82, 2.24) is 19.9 Å². The Kier molecular flexibility index (Phi) is 5.37. The molecule has 4 aromatic rings. The van der Waals surface area contributed by atoms with Crippen LogP contribution in [0.15, 0.2) is 59.3 Å². The maximum absolute atomic E-state index is 12.4. The highest BCUT2D eigenvalue weighted by atomic mass is 35.5. The molecular weight excluding hydrogens is 426 g/mol. The summed E-state index contributed by atoms with van der Waals surface area (Å²) in [7, 11) is 1.75. The van der Waals surface area contributed by atoms with Crippen molar-refractivity contribution in [3.05, 3.63) is 71.2 Å². The van der Waals surface area contributed by atoms with Crippen LogP contribution in [0, 0.1) is 0 Å². The topological polar surface area (TPSA) is 132 Å². The highest BCUT2D eigenvalue weighted by Gasteiger charge is 2.16. The lowest BCUT2D eigenvalue weighted by molar-refractivity contribution is 0.0643. The Labute approximate surface area is 180 Å². The number of amides is 1. The minimum atomic E-state index is -1.32. The lowest BCUT2D eigenvalue weighted by Gasteiger charge is -2.10. The molecule has 0 spiro atoms. The number of halogens is 1. The first-order valence-electron chi connectivity index (χ1n) is 8.85. The molecule has 0 bridgehead atoms. The molecule has 0 aliphatic heterocycles. The van der Waals surface area contributed by atoms with Crippen molar-refractivity contribution >= 4 is 29.3 Å². The van der Waals surface area contributed by atoms with E-state index >= 15 is 0 Å². The number of benzene rings is 2. The number of ether oxygens (including phenoxy) is 1. The fourth-order valence-corrected chi connectivity index (χ4v) is 2.87. The van der Waals surface area contributed by atoms with Crippen LogP contribution >= 0.6 is 11.6 Å². The van der Waals surface area contributed by atoms with Crippen molar-refractivity contribution in [2.45, 2.75) is 0 Å². The van der Waals surface area contributed by atoms with Crippen molar-refractivity contribution in [2.75, 3.05) is 5.32 Å². The molecule has 10 nitrogen and oxygen atoms in total. The largest absolute Gasteiger partial charge is 0.474 e. The van der Waals surface area contributed by atoms with Gasteiger partial charge >= 0.3 is 11.9 Å². The Balaban J connectivity index is 1.50. The zero-order valence-corrected chi connectivity index (χ0v) is 16.7. The average molecular weight is 440 g/mol. The lowest BCUT2D eigenvalue weighted by atomic mass is 10.2. The quantitative estimate of drug-likeness (QED) is 0.462. The predicted octanol–water partition coefficient (Wildman–Crippen LogP) is 3.87. The maximum Gasteiger partial charge on any atom is 0.394 e. The summed E-state index contributed by atoms with van der Waals surface area (Å²) in [6.07, 6.45) is 1.72. The summed E-state index contributed by atoms with van der Waals surface area (Å²) in [5, 5.41) is 19.5. The van der Waals surface area contributed by atoms with Gasteiger partial charge in [-0.25, -0.2) is 4.79 Å². The van der Waals surface area contributed by atoms with E-state index in [1.807, 2.05) is 0 Å². The van der Waals surface area contributed by atoms with Crippen LogP contribution in [-0.2, 0) is 7.05 Å². The van der Waals surface area contributed by atoms with Crippen LogP contribution in [0.1, 0.15) is 21.0 Å². The summed E-state index contributed by atoms with van der Waals surface area (Å²) in [5.41, 5.74) is 0.834. The fraction of sp³-hybridized carbons (Fsp3) is 0.0500. The summed E-state index contributed by atoms with van der Waals surface area (Å²) in [4.78, 5) is 27.1. The van der Waals surface area contributed by atoms with Crippen molar-refractivity contribution < 1.29 is 24.0 Å². The number of aromatic nitrogens is 4. The minimum Gasteiger partial charge on any atom is -0.474 e. The molecule has 2 heterocycles. The molecule has 156 valence electrons. The van der Waals surface area contributed by atoms with Gasteiger partial charge in [0, 0.05) is 30.4 Å². The highest BCUT2D eigenvalue weighted by Crippen LogP contribution is 2.33. The Bertz CT molecular complexity index is 1280. The van der Waals surface area contributed by atoms with Gasteiger partial charge in [0.1, 0.15) is 11.5 Å². The molecule has 31 heavy (non-hydrogen) atoms. The van der Waals surface area contributed by atoms with Crippen LogP contribution in [0.5, 0.6) is 11.5 Å². The smallest absolute Gasteiger partial charge is 0.394 e. The Morgan fingerprint density at radius 1 is 1.19 bits per heavy atom. The molecule has 2 aromatic carbocycles. The number of anilines is 1. The molecule has 0 atom stereocenters. The Morgan fingerprint density at radius 2 is 2.03 bits per heavy atom. The van der Waals surface area contributed by atoms with Crippen molar-refractivity contribution in [2.24, 2.45) is 7.05 Å². The molecule has 11 heteroatoms. The SMILES string of the molecule is Cn1ccc(NC(=O)c2cccc(Oc3ccc(-c4noc(C(=O)O)n4)cc3Cl)c2)n1. The predicted molar refractivity (Wildman–Crippen MR) is 109 cm³/mol. The molecule has 2 aromatic heterocycles. The minimum absolute atomic E-state index is 0.0824. The molecule has 0 saturated heterocycles. The lowest BCUT2D eigenvalue weighted by Crippen LogP contribution is -2.12. The van der Waals surface area contributed by atoms with E-state index in [0.717, 1.165) is 0 Å². The first kappa shape index (κ1) is 20.1. The number of carboxylic acid groups (broad SMARTS) is 1. The number of hydrogen-bond acceptors (Lipinski definition) is 7. The molecule has 4 rings (SSSR count). The number of nitrogens with one attached hydrogen (secondary N) is 1. The van der Waals surface area contributed by atoms with Gasteiger partial charge in [0.15, 0.2) is 5.82 Å². The Morgan fingerprint density at radius 3 is 2.71 bits per heavy atom. The number of aryl methyl sites for hydroxylation is 1. The van der Waals surface area contributed by atoms with Gasteiger partial charge in [-0.15, -0.1) is 0 Å². The number of hydrogen-bond donors (Lipinski definition) is 2. The first-order chi connectivity index (χ1) is 14.9. The monoisotopic (exact) mass is 439 g/mol. The van der Waals surface area contributed by atoms with E-state index in [2.05, 4.69) is 25.1 Å². The number of carbonyl (C=O) groups is 2. The fourth-order valence-electron chi connectivity index (χ4n) is 2.65. The molecule has 2 N–H and O–H groups in total. The van der Waals surface area contributed by atoms with Crippen LogP contribution < -0.4 is 10.1 Å². The van der Waals surface area contributed by atoms with Gasteiger partial charge < -0.3 is 19.7 Å². The number of aromatic carboxylic acids is 1. The summed E-state index contributed by atoms with van der Waals surface area (Å²) < 4.78 is 12.0. The summed E-state index contributed by atoms with van der Waals surface area (Å²) in [5.74, 6) is -0.935. The highest BCUT2D eigenvalue weighted by molar-refractivity contribution is 6.32. The number of rotatable bonds is 6. The second-order valence-electron chi connectivity index (χ2n) is 6.33. The number of carboxylic acids is 1. The molecule has 0 fully saturated rings. The zero-order valence-electron chi connectivity index (χ0n) is 15.9. The van der Waals surface area contributed by atoms with Crippen molar-refractivity contribution in [3.63, 3.8) is 0 Å². The molecule has 1 amide bonds. The third-order valence-electron chi connectivity index (χ3n) is 4.08. The van der Waals surface area contributed by atoms with Gasteiger partial charge in [-0.1, -0.05) is 22.8 Å². The summed E-state index contributed by atoms with van der Waals surface area (Å²) in [6.45, 7) is 0. The Hall–Kier alpha value is -4.18. The normalized spacial score (nSPS) is 10.6. The summed E-state index contributed by atoms with van der Waals surface area (Å²) >= 11 is 6.29. The number of carbonyl (C=O) groups excluding carboxylic acids is 1. The van der Waals surface area contributed by atoms with Crippen LogP contribution in [0.2, 0.25) is 5.02 Å². The van der Waals surface area contributed by atoms with E-state index in [1.54, 1.807) is 60.4 Å². The van der Waals surface area contributed by atoms with Gasteiger partial charge in [-0.3, -0.25) is 9.48 Å². The molecule has 0 saturated carbocycles. The summed E-state index contributed by atoms with van der Waals surface area (Å²) in [6, 6.07) is 13.0. The van der Waals surface area contributed by atoms with E-state index in [0.29, 0.717) is 28.4 Å². The van der Waals surface area contributed by atoms with E-state index in [4.69, 9.17) is 21.4 Å². The van der Waals surface area contributed by atoms with Gasteiger partial charge in [-0.2, -0.15) is 10.1 Å². The van der Waals surface area contributed by atoms with Crippen molar-refractivity contribution in [1.29, 1.82) is 0 Å². The molecule has 0 radical (unpaired) electrons. The van der Waals surface area contributed by atoms with Crippen LogP contribution in [0.3, 0.4) is 0 Å². The number of nitrogens with zero attached hydrogens (tertiary/aromatic N) is 4. The molecular formula is C20H14ClN5O5. The van der Waals surface area contributed by atoms with Crippen LogP contribution in [-0.4, -0.2) is 36.9 Å². The van der Waals surface area contributed by atoms with E-state index in [-0.39, 0.29) is 16.8 Å². The standard InChI is InChI=1S/C20H14ClN5O5/c1-26-8-7-16(24-26)22-18(27)12-3-2-4-13(9-12)30-15-6-5-11(10-14(15)21)17-23-19(20(28)29)31-25-17/h2-10H,1H3,(H,28,29)(H,22,24,27). The third-order valence-corrected chi connectivity index (χ3v) is 4.37. The van der Waals surface area contributed by atoms with Gasteiger partial charge in [0.05, 0.1) is 5.02 Å². The first-order valence-corrected chi connectivity index (χ1v) is 9.22. The molecule has 0 unspecified atom stereocenters. The van der Waals surface area contributed by atoms with E-state index in [9.17, 15) is 9.59 Å². The van der Waals surface area contributed by atoms with Gasteiger partial charge in [0.25, 0.3) is 5.91 Å². The van der Waals surface area contributed by atoms with Gasteiger partial charge in [0.2, 0.25) is 5.82 Å². The second kappa shape index (κ2) is 8.28. The third kappa shape index (κ3) is 4.54. The van der Waals surface area contributed by atoms with Gasteiger partial charge in [-0.05, 0) is 36.4 Å². The maximum atomic E-state index is 12.4. The zero-order chi connectivity index (χ0) is 22.0.